The predicted molar refractivity (Wildman–Crippen MR) is 104 cm³/mol. The van der Waals surface area contributed by atoms with Crippen molar-refractivity contribution in [2.45, 2.75) is 54.4 Å². The summed E-state index contributed by atoms with van der Waals surface area (Å²) in [5.41, 5.74) is 0.568. The first-order valence-electron chi connectivity index (χ1n) is 9.15. The maximum atomic E-state index is 12.6. The van der Waals surface area contributed by atoms with Crippen molar-refractivity contribution in [3.8, 4) is 0 Å². The molecule has 1 N–H and O–H groups in total. The van der Waals surface area contributed by atoms with Crippen LogP contribution in [0.25, 0.3) is 0 Å². The molecule has 0 radical (unpaired) electrons. The van der Waals surface area contributed by atoms with Crippen LogP contribution in [0.3, 0.4) is 0 Å². The van der Waals surface area contributed by atoms with Gasteiger partial charge in [-0.15, -0.1) is 0 Å². The summed E-state index contributed by atoms with van der Waals surface area (Å²) in [5.74, 6) is 0.493. The second-order valence-corrected chi connectivity index (χ2v) is 11.3. The van der Waals surface area contributed by atoms with Crippen LogP contribution < -0.4 is 5.32 Å². The Labute approximate surface area is 157 Å². The molecule has 1 aromatic rings. The summed E-state index contributed by atoms with van der Waals surface area (Å²) in [6.07, 6.45) is 4.12. The van der Waals surface area contributed by atoms with E-state index in [2.05, 4.69) is 5.32 Å². The Morgan fingerprint density at radius 3 is 2.42 bits per heavy atom. The Kier molecular flexibility index (Phi) is 6.02. The van der Waals surface area contributed by atoms with E-state index in [1.165, 1.54) is 0 Å². The Bertz CT molecular complexity index is 771. The number of nitrogens with one attached hydrogen (secondary N) is 1. The highest BCUT2D eigenvalue weighted by Gasteiger charge is 2.30. The number of hydrogen-bond donors (Lipinski definition) is 1. The van der Waals surface area contributed by atoms with Gasteiger partial charge < -0.3 is 10.2 Å². The van der Waals surface area contributed by atoms with Crippen molar-refractivity contribution in [1.82, 2.24) is 4.90 Å². The van der Waals surface area contributed by atoms with Crippen LogP contribution in [0.15, 0.2) is 29.2 Å². The highest BCUT2D eigenvalue weighted by atomic mass is 32.2. The maximum absolute atomic E-state index is 12.6. The Morgan fingerprint density at radius 2 is 1.77 bits per heavy atom. The van der Waals surface area contributed by atoms with Gasteiger partial charge in [0.1, 0.15) is 0 Å². The molecule has 8 heteroatoms. The van der Waals surface area contributed by atoms with Gasteiger partial charge in [-0.3, -0.25) is 4.21 Å². The van der Waals surface area contributed by atoms with Crippen LogP contribution in [0.2, 0.25) is 0 Å². The third-order valence-electron chi connectivity index (χ3n) is 5.28. The Hall–Kier alpha value is -1.41. The number of benzene rings is 1. The van der Waals surface area contributed by atoms with Crippen LogP contribution in [0.5, 0.6) is 0 Å². The first-order chi connectivity index (χ1) is 12.4. The van der Waals surface area contributed by atoms with E-state index in [1.807, 2.05) is 6.92 Å². The SMILES string of the molecule is C[C@@H]1CCN(C(=O)Nc2ccc(S(=O)(=O)C3CCCC3)cc2)CC[S@]1=O. The van der Waals surface area contributed by atoms with Gasteiger partial charge in [0, 0.05) is 40.6 Å². The van der Waals surface area contributed by atoms with Crippen molar-refractivity contribution in [3.63, 3.8) is 0 Å². The molecule has 1 saturated carbocycles. The zero-order valence-corrected chi connectivity index (χ0v) is 16.7. The van der Waals surface area contributed by atoms with E-state index in [0.717, 1.165) is 32.1 Å². The monoisotopic (exact) mass is 398 g/mol. The molecule has 1 aromatic carbocycles. The Morgan fingerprint density at radius 1 is 1.12 bits per heavy atom. The van der Waals surface area contributed by atoms with E-state index in [-0.39, 0.29) is 16.5 Å². The summed E-state index contributed by atoms with van der Waals surface area (Å²) >= 11 is 0. The number of sulfone groups is 1. The van der Waals surface area contributed by atoms with Crippen molar-refractivity contribution in [3.05, 3.63) is 24.3 Å². The topological polar surface area (TPSA) is 83.6 Å². The van der Waals surface area contributed by atoms with Crippen LogP contribution in [0.4, 0.5) is 10.5 Å². The second kappa shape index (κ2) is 8.08. The average molecular weight is 399 g/mol. The molecular formula is C18H26N2O4S2. The van der Waals surface area contributed by atoms with Gasteiger partial charge in [0.05, 0.1) is 10.1 Å². The first-order valence-corrected chi connectivity index (χ1v) is 12.1. The summed E-state index contributed by atoms with van der Waals surface area (Å²) in [6, 6.07) is 6.19. The molecule has 26 heavy (non-hydrogen) atoms. The van der Waals surface area contributed by atoms with Gasteiger partial charge in [0.25, 0.3) is 0 Å². The van der Waals surface area contributed by atoms with Crippen molar-refractivity contribution in [2.24, 2.45) is 0 Å². The van der Waals surface area contributed by atoms with Crippen molar-refractivity contribution < 1.29 is 17.4 Å². The molecule has 0 spiro atoms. The largest absolute Gasteiger partial charge is 0.324 e. The van der Waals surface area contributed by atoms with Crippen LogP contribution >= 0.6 is 0 Å². The minimum absolute atomic E-state index is 0.105. The highest BCUT2D eigenvalue weighted by molar-refractivity contribution is 7.92. The third kappa shape index (κ3) is 4.28. The van der Waals surface area contributed by atoms with E-state index in [1.54, 1.807) is 29.2 Å². The van der Waals surface area contributed by atoms with E-state index < -0.39 is 20.6 Å². The number of anilines is 1. The molecule has 1 aliphatic carbocycles. The molecule has 2 fully saturated rings. The van der Waals surface area contributed by atoms with Crippen LogP contribution in [-0.4, -0.2) is 52.9 Å². The number of amides is 2. The molecule has 1 aliphatic heterocycles. The molecular weight excluding hydrogens is 372 g/mol. The predicted octanol–water partition coefficient (Wildman–Crippen LogP) is 2.78. The summed E-state index contributed by atoms with van der Waals surface area (Å²) in [4.78, 5) is 14.4. The van der Waals surface area contributed by atoms with Crippen molar-refractivity contribution in [2.75, 3.05) is 24.2 Å². The van der Waals surface area contributed by atoms with Gasteiger partial charge in [0.2, 0.25) is 0 Å². The zero-order valence-electron chi connectivity index (χ0n) is 15.0. The average Bonchev–Trinajstić information content (AvgIpc) is 3.11. The lowest BCUT2D eigenvalue weighted by Gasteiger charge is -2.20. The molecule has 0 unspecified atom stereocenters. The minimum atomic E-state index is -3.28. The number of rotatable bonds is 3. The van der Waals surface area contributed by atoms with E-state index in [4.69, 9.17) is 0 Å². The van der Waals surface area contributed by atoms with Gasteiger partial charge in [-0.25, -0.2) is 13.2 Å². The third-order valence-corrected chi connectivity index (χ3v) is 9.28. The maximum Gasteiger partial charge on any atom is 0.321 e. The van der Waals surface area contributed by atoms with Gasteiger partial charge >= 0.3 is 6.03 Å². The highest BCUT2D eigenvalue weighted by Crippen LogP contribution is 2.30. The van der Waals surface area contributed by atoms with Gasteiger partial charge in [-0.1, -0.05) is 19.8 Å². The molecule has 2 amide bonds. The standard InChI is InChI=1S/C18H26N2O4S2/c1-14-10-11-20(12-13-25(14)22)18(21)19-15-6-8-17(9-7-15)26(23,24)16-4-2-3-5-16/h6-9,14,16H,2-5,10-13H2,1H3,(H,19,21)/t14-,25-/m1/s1. The number of urea groups is 1. The fraction of sp³-hybridized carbons (Fsp3) is 0.611. The molecule has 0 aromatic heterocycles. The number of hydrogen-bond acceptors (Lipinski definition) is 4. The lowest BCUT2D eigenvalue weighted by molar-refractivity contribution is 0.215. The van der Waals surface area contributed by atoms with Crippen LogP contribution in [-0.2, 0) is 20.6 Å². The number of nitrogens with zero attached hydrogens (tertiary/aromatic N) is 1. The summed E-state index contributed by atoms with van der Waals surface area (Å²) in [5, 5.41) is 2.64. The molecule has 2 atom stereocenters. The van der Waals surface area contributed by atoms with E-state index in [0.29, 0.717) is 29.4 Å². The van der Waals surface area contributed by atoms with Gasteiger partial charge in [-0.2, -0.15) is 0 Å². The lowest BCUT2D eigenvalue weighted by Crippen LogP contribution is -2.36. The summed E-state index contributed by atoms with van der Waals surface area (Å²) in [6.45, 7) is 2.99. The molecule has 1 saturated heterocycles. The van der Waals surface area contributed by atoms with Crippen LogP contribution in [0.1, 0.15) is 39.0 Å². The molecule has 1 heterocycles. The van der Waals surface area contributed by atoms with E-state index in [9.17, 15) is 17.4 Å². The smallest absolute Gasteiger partial charge is 0.321 e. The fourth-order valence-electron chi connectivity index (χ4n) is 3.51. The quantitative estimate of drug-likeness (QED) is 0.849. The number of carbonyl (C=O) groups excluding carboxylic acids is 1. The normalized spacial score (nSPS) is 25.0. The zero-order chi connectivity index (χ0) is 18.7. The molecule has 6 nitrogen and oxygen atoms in total. The summed E-state index contributed by atoms with van der Waals surface area (Å²) < 4.78 is 37.1. The first kappa shape index (κ1) is 19.4. The van der Waals surface area contributed by atoms with Gasteiger partial charge in [-0.05, 0) is 43.5 Å². The van der Waals surface area contributed by atoms with Crippen LogP contribution in [0, 0.1) is 0 Å². The molecule has 3 rings (SSSR count). The summed E-state index contributed by atoms with van der Waals surface area (Å²) in [7, 11) is -4.17. The molecule has 0 bridgehead atoms. The lowest BCUT2D eigenvalue weighted by atomic mass is 10.3. The minimum Gasteiger partial charge on any atom is -0.324 e. The molecule has 144 valence electrons. The van der Waals surface area contributed by atoms with Gasteiger partial charge in [0.15, 0.2) is 9.84 Å². The van der Waals surface area contributed by atoms with Crippen molar-refractivity contribution >= 4 is 32.4 Å². The second-order valence-electron chi connectivity index (χ2n) is 7.08. The molecule has 2 aliphatic rings. The van der Waals surface area contributed by atoms with E-state index >= 15 is 0 Å². The van der Waals surface area contributed by atoms with Crippen molar-refractivity contribution in [1.29, 1.82) is 0 Å². The Balaban J connectivity index is 1.64. The number of carbonyl (C=O) groups is 1. The fourth-order valence-corrected chi connectivity index (χ4v) is 6.53.